The summed E-state index contributed by atoms with van der Waals surface area (Å²) in [5.41, 5.74) is 0. The van der Waals surface area contributed by atoms with E-state index in [9.17, 15) is 4.79 Å². The van der Waals surface area contributed by atoms with Crippen LogP contribution in [0.1, 0.15) is 64.7 Å². The van der Waals surface area contributed by atoms with Crippen LogP contribution in [-0.4, -0.2) is 12.6 Å². The molecule has 0 aromatic heterocycles. The van der Waals surface area contributed by atoms with E-state index < -0.39 is 0 Å². The average Bonchev–Trinajstić information content (AvgIpc) is 2.36. The molecule has 0 fully saturated rings. The summed E-state index contributed by atoms with van der Waals surface area (Å²) < 4.78 is 4.80. The highest BCUT2D eigenvalue weighted by molar-refractivity contribution is 5.81. The van der Waals surface area contributed by atoms with Gasteiger partial charge >= 0.3 is 5.97 Å². The van der Waals surface area contributed by atoms with E-state index in [4.69, 9.17) is 4.74 Å². The van der Waals surface area contributed by atoms with E-state index in [2.05, 4.69) is 6.58 Å². The predicted octanol–water partition coefficient (Wildman–Crippen LogP) is 4.80. The van der Waals surface area contributed by atoms with Crippen molar-refractivity contribution in [1.29, 1.82) is 0 Å². The first-order valence-corrected chi connectivity index (χ1v) is 7.25. The molecule has 0 unspecified atom stereocenters. The molecule has 0 aliphatic heterocycles. The summed E-state index contributed by atoms with van der Waals surface area (Å²) in [5, 5.41) is 0. The zero-order chi connectivity index (χ0) is 13.5. The van der Waals surface area contributed by atoms with Crippen molar-refractivity contribution in [1.82, 2.24) is 0 Å². The molecule has 0 spiro atoms. The van der Waals surface area contributed by atoms with Gasteiger partial charge in [-0.2, -0.15) is 0 Å². The van der Waals surface area contributed by atoms with Gasteiger partial charge in [-0.05, 0) is 32.6 Å². The molecule has 2 heteroatoms. The van der Waals surface area contributed by atoms with E-state index in [1.807, 2.05) is 19.1 Å². The van der Waals surface area contributed by atoms with E-state index in [0.717, 1.165) is 12.8 Å². The largest absolute Gasteiger partial charge is 0.463 e. The molecular formula is C16H28O2. The van der Waals surface area contributed by atoms with Gasteiger partial charge in [0.1, 0.15) is 0 Å². The summed E-state index contributed by atoms with van der Waals surface area (Å²) >= 11 is 0. The molecule has 0 aromatic carbocycles. The summed E-state index contributed by atoms with van der Waals surface area (Å²) in [6.07, 6.45) is 16.6. The molecule has 104 valence electrons. The number of hydrogen-bond donors (Lipinski definition) is 0. The highest BCUT2D eigenvalue weighted by atomic mass is 16.5. The molecule has 0 amide bonds. The van der Waals surface area contributed by atoms with Gasteiger partial charge in [-0.3, -0.25) is 0 Å². The lowest BCUT2D eigenvalue weighted by Crippen LogP contribution is -1.98. The standard InChI is InChI=1S/C16H28O2/c1-3-5-6-7-8-9-10-11-12-13-14-15-16(17)18-4-2/h3,14-15H,1,4-13H2,2H3/b15-14-. The first-order valence-electron chi connectivity index (χ1n) is 7.25. The van der Waals surface area contributed by atoms with Crippen molar-refractivity contribution in [2.45, 2.75) is 64.7 Å². The number of rotatable bonds is 12. The molecule has 0 saturated carbocycles. The van der Waals surface area contributed by atoms with E-state index in [-0.39, 0.29) is 5.97 Å². The third-order valence-electron chi connectivity index (χ3n) is 2.82. The molecule has 0 radical (unpaired) electrons. The van der Waals surface area contributed by atoms with Crippen molar-refractivity contribution >= 4 is 5.97 Å². The summed E-state index contributed by atoms with van der Waals surface area (Å²) in [6.45, 7) is 5.99. The molecule has 0 aliphatic rings. The van der Waals surface area contributed by atoms with Crippen LogP contribution in [0.5, 0.6) is 0 Å². The molecule has 0 rings (SSSR count). The molecule has 0 saturated heterocycles. The van der Waals surface area contributed by atoms with Gasteiger partial charge in [-0.15, -0.1) is 6.58 Å². The van der Waals surface area contributed by atoms with Crippen LogP contribution in [0.4, 0.5) is 0 Å². The Morgan fingerprint density at radius 1 is 1.00 bits per heavy atom. The van der Waals surface area contributed by atoms with Gasteiger partial charge < -0.3 is 4.74 Å². The van der Waals surface area contributed by atoms with Crippen molar-refractivity contribution in [3.05, 3.63) is 24.8 Å². The molecule has 0 heterocycles. The number of esters is 1. The average molecular weight is 252 g/mol. The lowest BCUT2D eigenvalue weighted by Gasteiger charge is -2.00. The highest BCUT2D eigenvalue weighted by Crippen LogP contribution is 2.10. The topological polar surface area (TPSA) is 26.3 Å². The number of unbranched alkanes of at least 4 members (excludes halogenated alkanes) is 8. The molecule has 0 aliphatic carbocycles. The second kappa shape index (κ2) is 14.0. The zero-order valence-electron chi connectivity index (χ0n) is 11.8. The number of hydrogen-bond acceptors (Lipinski definition) is 2. The quantitative estimate of drug-likeness (QED) is 0.216. The van der Waals surface area contributed by atoms with Gasteiger partial charge in [0.2, 0.25) is 0 Å². The first-order chi connectivity index (χ1) is 8.81. The Morgan fingerprint density at radius 3 is 2.11 bits per heavy atom. The summed E-state index contributed by atoms with van der Waals surface area (Å²) in [4.78, 5) is 11.0. The van der Waals surface area contributed by atoms with Crippen molar-refractivity contribution in [2.75, 3.05) is 6.61 Å². The van der Waals surface area contributed by atoms with Gasteiger partial charge in [-0.25, -0.2) is 4.79 Å². The monoisotopic (exact) mass is 252 g/mol. The van der Waals surface area contributed by atoms with Crippen LogP contribution >= 0.6 is 0 Å². The third-order valence-corrected chi connectivity index (χ3v) is 2.82. The Kier molecular flexibility index (Phi) is 13.2. The lowest BCUT2D eigenvalue weighted by molar-refractivity contribution is -0.137. The number of allylic oxidation sites excluding steroid dienone is 2. The zero-order valence-corrected chi connectivity index (χ0v) is 11.8. The second-order valence-electron chi connectivity index (χ2n) is 4.50. The third kappa shape index (κ3) is 13.0. The molecule has 0 aromatic rings. The minimum Gasteiger partial charge on any atom is -0.463 e. The fourth-order valence-corrected chi connectivity index (χ4v) is 1.80. The minimum atomic E-state index is -0.222. The van der Waals surface area contributed by atoms with Crippen molar-refractivity contribution in [2.24, 2.45) is 0 Å². The Morgan fingerprint density at radius 2 is 1.56 bits per heavy atom. The van der Waals surface area contributed by atoms with Crippen LogP contribution in [0.15, 0.2) is 24.8 Å². The van der Waals surface area contributed by atoms with Gasteiger partial charge in [0.15, 0.2) is 0 Å². The van der Waals surface area contributed by atoms with Crippen LogP contribution in [-0.2, 0) is 9.53 Å². The summed E-state index contributed by atoms with van der Waals surface area (Å²) in [6, 6.07) is 0. The van der Waals surface area contributed by atoms with Gasteiger partial charge in [0.05, 0.1) is 6.61 Å². The molecule has 0 bridgehead atoms. The fraction of sp³-hybridized carbons (Fsp3) is 0.688. The van der Waals surface area contributed by atoms with E-state index in [1.165, 1.54) is 44.9 Å². The van der Waals surface area contributed by atoms with Crippen molar-refractivity contribution < 1.29 is 9.53 Å². The normalized spacial score (nSPS) is 10.7. The smallest absolute Gasteiger partial charge is 0.330 e. The second-order valence-corrected chi connectivity index (χ2v) is 4.50. The summed E-state index contributed by atoms with van der Waals surface area (Å²) in [7, 11) is 0. The Labute approximate surface area is 112 Å². The highest BCUT2D eigenvalue weighted by Gasteiger charge is 1.93. The minimum absolute atomic E-state index is 0.222. The Balaban J connectivity index is 3.16. The van der Waals surface area contributed by atoms with Crippen LogP contribution < -0.4 is 0 Å². The maximum Gasteiger partial charge on any atom is 0.330 e. The fourth-order valence-electron chi connectivity index (χ4n) is 1.80. The van der Waals surface area contributed by atoms with Crippen molar-refractivity contribution in [3.8, 4) is 0 Å². The van der Waals surface area contributed by atoms with Crippen LogP contribution in [0.2, 0.25) is 0 Å². The van der Waals surface area contributed by atoms with Gasteiger partial charge in [-0.1, -0.05) is 44.3 Å². The number of carbonyl (C=O) groups is 1. The number of ether oxygens (including phenoxy) is 1. The summed E-state index contributed by atoms with van der Waals surface area (Å²) in [5.74, 6) is -0.222. The SMILES string of the molecule is C=CCCCCCCCCC/C=C\C(=O)OCC. The number of carbonyl (C=O) groups excluding carboxylic acids is 1. The molecule has 18 heavy (non-hydrogen) atoms. The van der Waals surface area contributed by atoms with E-state index in [1.54, 1.807) is 6.08 Å². The van der Waals surface area contributed by atoms with Crippen LogP contribution in [0.3, 0.4) is 0 Å². The molecular weight excluding hydrogens is 224 g/mol. The predicted molar refractivity (Wildman–Crippen MR) is 77.5 cm³/mol. The maximum atomic E-state index is 11.0. The lowest BCUT2D eigenvalue weighted by atomic mass is 10.1. The Bertz CT molecular complexity index is 231. The van der Waals surface area contributed by atoms with Gasteiger partial charge in [0.25, 0.3) is 0 Å². The Hall–Kier alpha value is -1.05. The maximum absolute atomic E-state index is 11.0. The van der Waals surface area contributed by atoms with Crippen molar-refractivity contribution in [3.63, 3.8) is 0 Å². The molecule has 0 N–H and O–H groups in total. The van der Waals surface area contributed by atoms with E-state index in [0.29, 0.717) is 6.61 Å². The molecule has 0 atom stereocenters. The van der Waals surface area contributed by atoms with Gasteiger partial charge in [0, 0.05) is 6.08 Å². The van der Waals surface area contributed by atoms with Crippen LogP contribution in [0.25, 0.3) is 0 Å². The first kappa shape index (κ1) is 16.9. The van der Waals surface area contributed by atoms with E-state index >= 15 is 0 Å². The molecule has 2 nitrogen and oxygen atoms in total. The van der Waals surface area contributed by atoms with Crippen LogP contribution in [0, 0.1) is 0 Å².